The number of likely N-dealkylation sites (N-methyl/N-ethyl adjacent to an activating group) is 1. The van der Waals surface area contributed by atoms with Crippen LogP contribution >= 0.6 is 0 Å². The molecule has 1 fully saturated rings. The van der Waals surface area contributed by atoms with Gasteiger partial charge in [-0.15, -0.1) is 0 Å². The summed E-state index contributed by atoms with van der Waals surface area (Å²) < 4.78 is 5.32. The van der Waals surface area contributed by atoms with E-state index in [0.29, 0.717) is 12.0 Å². The molecular formula is C11H23NO2. The van der Waals surface area contributed by atoms with E-state index in [-0.39, 0.29) is 12.1 Å². The van der Waals surface area contributed by atoms with Crippen LogP contribution < -0.4 is 0 Å². The normalized spacial score (nSPS) is 33.2. The van der Waals surface area contributed by atoms with Crippen molar-refractivity contribution in [1.29, 1.82) is 0 Å². The summed E-state index contributed by atoms with van der Waals surface area (Å²) in [6.45, 7) is 5.17. The first-order valence-electron chi connectivity index (χ1n) is 5.51. The second-order valence-electron chi connectivity index (χ2n) is 4.48. The van der Waals surface area contributed by atoms with Crippen molar-refractivity contribution < 1.29 is 9.84 Å². The molecule has 0 amide bonds. The Bertz CT molecular complexity index is 175. The maximum absolute atomic E-state index is 10.1. The molecule has 1 rings (SSSR count). The zero-order valence-corrected chi connectivity index (χ0v) is 9.73. The molecule has 0 radical (unpaired) electrons. The van der Waals surface area contributed by atoms with Crippen LogP contribution in [0.25, 0.3) is 0 Å². The Balaban J connectivity index is 2.51. The van der Waals surface area contributed by atoms with E-state index in [4.69, 9.17) is 4.74 Å². The summed E-state index contributed by atoms with van der Waals surface area (Å²) in [5.74, 6) is 0.373. The first kappa shape index (κ1) is 12.0. The first-order chi connectivity index (χ1) is 6.60. The summed E-state index contributed by atoms with van der Waals surface area (Å²) >= 11 is 0. The molecule has 0 saturated carbocycles. The van der Waals surface area contributed by atoms with Crippen molar-refractivity contribution in [3.8, 4) is 0 Å². The average molecular weight is 201 g/mol. The zero-order valence-electron chi connectivity index (χ0n) is 9.73. The molecule has 4 unspecified atom stereocenters. The Morgan fingerprint density at radius 3 is 2.64 bits per heavy atom. The van der Waals surface area contributed by atoms with Crippen LogP contribution in [-0.2, 0) is 4.74 Å². The van der Waals surface area contributed by atoms with Gasteiger partial charge < -0.3 is 9.84 Å². The minimum absolute atomic E-state index is 0.217. The third-order valence-corrected chi connectivity index (χ3v) is 3.52. The van der Waals surface area contributed by atoms with E-state index in [9.17, 15) is 5.11 Å². The molecule has 0 aromatic heterocycles. The van der Waals surface area contributed by atoms with Crippen molar-refractivity contribution in [3.63, 3.8) is 0 Å². The molecule has 14 heavy (non-hydrogen) atoms. The number of rotatable bonds is 4. The fourth-order valence-electron chi connectivity index (χ4n) is 2.17. The van der Waals surface area contributed by atoms with Gasteiger partial charge in [-0.3, -0.25) is 4.90 Å². The Hall–Kier alpha value is -0.120. The third kappa shape index (κ3) is 2.47. The van der Waals surface area contributed by atoms with Gasteiger partial charge in [0.15, 0.2) is 0 Å². The van der Waals surface area contributed by atoms with E-state index >= 15 is 0 Å². The summed E-state index contributed by atoms with van der Waals surface area (Å²) in [5.41, 5.74) is 0. The lowest BCUT2D eigenvalue weighted by molar-refractivity contribution is 0.0405. The summed E-state index contributed by atoms with van der Waals surface area (Å²) in [6.07, 6.45) is 2.07. The average Bonchev–Trinajstić information content (AvgIpc) is 2.57. The van der Waals surface area contributed by atoms with E-state index in [1.54, 1.807) is 7.11 Å². The molecule has 4 atom stereocenters. The van der Waals surface area contributed by atoms with Crippen molar-refractivity contribution in [2.75, 3.05) is 20.7 Å². The predicted octanol–water partition coefficient (Wildman–Crippen LogP) is 1.11. The number of aliphatic hydroxyl groups is 1. The number of ether oxygens (including phenoxy) is 1. The number of nitrogens with zero attached hydrogens (tertiary/aromatic N) is 1. The van der Waals surface area contributed by atoms with Crippen molar-refractivity contribution in [2.45, 2.75) is 44.9 Å². The van der Waals surface area contributed by atoms with Gasteiger partial charge in [0.25, 0.3) is 0 Å². The minimum atomic E-state index is -0.217. The molecule has 1 aliphatic heterocycles. The number of hydrogen-bond donors (Lipinski definition) is 1. The lowest BCUT2D eigenvalue weighted by atomic mass is 9.94. The summed E-state index contributed by atoms with van der Waals surface area (Å²) in [7, 11) is 3.81. The highest BCUT2D eigenvalue weighted by Crippen LogP contribution is 2.25. The lowest BCUT2D eigenvalue weighted by Crippen LogP contribution is -2.39. The third-order valence-electron chi connectivity index (χ3n) is 3.52. The highest BCUT2D eigenvalue weighted by Gasteiger charge is 2.35. The van der Waals surface area contributed by atoms with Crippen LogP contribution in [0.15, 0.2) is 0 Å². The Kier molecular flexibility index (Phi) is 4.35. The van der Waals surface area contributed by atoms with E-state index in [1.807, 2.05) is 0 Å². The van der Waals surface area contributed by atoms with Crippen LogP contribution in [0.2, 0.25) is 0 Å². The molecule has 0 aliphatic carbocycles. The largest absolute Gasteiger partial charge is 0.391 e. The molecule has 0 spiro atoms. The maximum Gasteiger partial charge on any atom is 0.0721 e. The van der Waals surface area contributed by atoms with Gasteiger partial charge in [-0.25, -0.2) is 0 Å². The molecule has 1 heterocycles. The smallest absolute Gasteiger partial charge is 0.0721 e. The Labute approximate surface area is 87.1 Å². The van der Waals surface area contributed by atoms with Gasteiger partial charge >= 0.3 is 0 Å². The number of likely N-dealkylation sites (tertiary alicyclic amines) is 1. The molecular weight excluding hydrogens is 178 g/mol. The van der Waals surface area contributed by atoms with Gasteiger partial charge in [-0.05, 0) is 19.4 Å². The van der Waals surface area contributed by atoms with Crippen LogP contribution in [0, 0.1) is 5.92 Å². The van der Waals surface area contributed by atoms with Gasteiger partial charge in [-0.1, -0.05) is 20.3 Å². The maximum atomic E-state index is 10.1. The summed E-state index contributed by atoms with van der Waals surface area (Å²) in [6, 6.07) is 0.273. The van der Waals surface area contributed by atoms with Crippen LogP contribution in [0.4, 0.5) is 0 Å². The van der Waals surface area contributed by atoms with Gasteiger partial charge in [0.2, 0.25) is 0 Å². The highest BCUT2D eigenvalue weighted by atomic mass is 16.5. The molecule has 0 bridgehead atoms. The van der Waals surface area contributed by atoms with Crippen LogP contribution in [-0.4, -0.2) is 49.0 Å². The van der Waals surface area contributed by atoms with Crippen molar-refractivity contribution in [3.05, 3.63) is 0 Å². The van der Waals surface area contributed by atoms with Crippen molar-refractivity contribution >= 4 is 0 Å². The minimum Gasteiger partial charge on any atom is -0.391 e. The number of methoxy groups -OCH3 is 1. The first-order valence-corrected chi connectivity index (χ1v) is 5.51. The Morgan fingerprint density at radius 2 is 2.21 bits per heavy atom. The summed E-state index contributed by atoms with van der Waals surface area (Å²) in [4.78, 5) is 2.21. The molecule has 3 heteroatoms. The standard InChI is InChI=1S/C11H23NO2/c1-5-8(2)11(13)10-6-9(14-4)7-12(10)3/h8-11,13H,5-7H2,1-4H3. The monoisotopic (exact) mass is 201 g/mol. The molecule has 0 aromatic rings. The number of hydrogen-bond acceptors (Lipinski definition) is 3. The number of aliphatic hydroxyl groups excluding tert-OH is 1. The van der Waals surface area contributed by atoms with Gasteiger partial charge in [-0.2, -0.15) is 0 Å². The quantitative estimate of drug-likeness (QED) is 0.739. The lowest BCUT2D eigenvalue weighted by Gasteiger charge is -2.28. The highest BCUT2D eigenvalue weighted by molar-refractivity contribution is 4.90. The molecule has 84 valence electrons. The van der Waals surface area contributed by atoms with Crippen molar-refractivity contribution in [1.82, 2.24) is 4.90 Å². The van der Waals surface area contributed by atoms with E-state index < -0.39 is 0 Å². The second kappa shape index (κ2) is 5.10. The van der Waals surface area contributed by atoms with Gasteiger partial charge in [0.1, 0.15) is 0 Å². The van der Waals surface area contributed by atoms with Crippen LogP contribution in [0.5, 0.6) is 0 Å². The predicted molar refractivity (Wildman–Crippen MR) is 57.3 cm³/mol. The fourth-order valence-corrected chi connectivity index (χ4v) is 2.17. The SMILES string of the molecule is CCC(C)C(O)C1CC(OC)CN1C. The van der Waals surface area contributed by atoms with Crippen LogP contribution in [0.3, 0.4) is 0 Å². The van der Waals surface area contributed by atoms with Gasteiger partial charge in [0.05, 0.1) is 12.2 Å². The molecule has 1 N–H and O–H groups in total. The van der Waals surface area contributed by atoms with Crippen molar-refractivity contribution in [2.24, 2.45) is 5.92 Å². The topological polar surface area (TPSA) is 32.7 Å². The molecule has 3 nitrogen and oxygen atoms in total. The van der Waals surface area contributed by atoms with Gasteiger partial charge in [0, 0.05) is 19.7 Å². The molecule has 0 aromatic carbocycles. The Morgan fingerprint density at radius 1 is 1.57 bits per heavy atom. The van der Waals surface area contributed by atoms with E-state index in [0.717, 1.165) is 19.4 Å². The summed E-state index contributed by atoms with van der Waals surface area (Å²) in [5, 5.41) is 10.1. The molecule has 1 aliphatic rings. The van der Waals surface area contributed by atoms with E-state index in [1.165, 1.54) is 0 Å². The second-order valence-corrected chi connectivity index (χ2v) is 4.48. The zero-order chi connectivity index (χ0) is 10.7. The van der Waals surface area contributed by atoms with Crippen LogP contribution in [0.1, 0.15) is 26.7 Å². The molecule has 1 saturated heterocycles. The van der Waals surface area contributed by atoms with E-state index in [2.05, 4.69) is 25.8 Å². The fraction of sp³-hybridized carbons (Fsp3) is 1.00.